The molecule has 3 rings (SSSR count). The fourth-order valence-electron chi connectivity index (χ4n) is 3.40. The molecule has 2 heterocycles. The van der Waals surface area contributed by atoms with E-state index < -0.39 is 10.0 Å². The molecule has 0 unspecified atom stereocenters. The number of nitrogens with zero attached hydrogens (tertiary/aromatic N) is 1. The molecule has 0 saturated carbocycles. The van der Waals surface area contributed by atoms with Crippen LogP contribution in [-0.4, -0.2) is 51.2 Å². The second kappa shape index (κ2) is 5.60. The molecule has 1 spiro atoms. The number of aryl methyl sites for hydroxylation is 2. The van der Waals surface area contributed by atoms with E-state index in [-0.39, 0.29) is 11.7 Å². The zero-order valence-corrected chi connectivity index (χ0v) is 14.1. The maximum absolute atomic E-state index is 12.7. The second-order valence-corrected chi connectivity index (χ2v) is 8.42. The van der Waals surface area contributed by atoms with Gasteiger partial charge in [0, 0.05) is 33.2 Å². The number of benzene rings is 1. The Labute approximate surface area is 132 Å². The molecule has 2 aliphatic rings. The molecule has 1 atom stereocenters. The van der Waals surface area contributed by atoms with E-state index in [1.807, 2.05) is 19.9 Å². The maximum Gasteiger partial charge on any atom is 0.243 e. The Morgan fingerprint density at radius 2 is 1.86 bits per heavy atom. The van der Waals surface area contributed by atoms with Gasteiger partial charge in [0.1, 0.15) is 0 Å². The van der Waals surface area contributed by atoms with Gasteiger partial charge in [0.25, 0.3) is 0 Å². The molecule has 2 fully saturated rings. The molecular formula is C16H23NO4S. The van der Waals surface area contributed by atoms with Crippen molar-refractivity contribution >= 4 is 10.0 Å². The number of hydrogen-bond acceptors (Lipinski definition) is 4. The van der Waals surface area contributed by atoms with E-state index in [0.29, 0.717) is 24.6 Å². The topological polar surface area (TPSA) is 55.8 Å². The van der Waals surface area contributed by atoms with Crippen LogP contribution in [0.15, 0.2) is 23.1 Å². The van der Waals surface area contributed by atoms with Gasteiger partial charge in [-0.3, -0.25) is 0 Å². The van der Waals surface area contributed by atoms with Crippen molar-refractivity contribution < 1.29 is 17.9 Å². The summed E-state index contributed by atoms with van der Waals surface area (Å²) in [5.74, 6) is 0. The van der Waals surface area contributed by atoms with Gasteiger partial charge in [0.15, 0.2) is 0 Å². The van der Waals surface area contributed by atoms with Crippen molar-refractivity contribution in [3.8, 4) is 0 Å². The summed E-state index contributed by atoms with van der Waals surface area (Å²) in [4.78, 5) is 0.374. The van der Waals surface area contributed by atoms with E-state index in [9.17, 15) is 8.42 Å². The molecule has 2 aliphatic heterocycles. The monoisotopic (exact) mass is 325 g/mol. The molecule has 2 saturated heterocycles. The highest BCUT2D eigenvalue weighted by Crippen LogP contribution is 2.38. The van der Waals surface area contributed by atoms with Gasteiger partial charge in [-0.2, -0.15) is 4.31 Å². The first-order valence-electron chi connectivity index (χ1n) is 7.60. The van der Waals surface area contributed by atoms with Crippen molar-refractivity contribution in [2.45, 2.75) is 43.3 Å². The van der Waals surface area contributed by atoms with Crippen LogP contribution in [0.5, 0.6) is 0 Å². The van der Waals surface area contributed by atoms with Crippen molar-refractivity contribution in [2.24, 2.45) is 0 Å². The van der Waals surface area contributed by atoms with Crippen LogP contribution in [0.1, 0.15) is 24.0 Å². The summed E-state index contributed by atoms with van der Waals surface area (Å²) in [7, 11) is -1.73. The van der Waals surface area contributed by atoms with Crippen LogP contribution in [0.25, 0.3) is 0 Å². The van der Waals surface area contributed by atoms with Gasteiger partial charge >= 0.3 is 0 Å². The standard InChI is InChI=1S/C16H23NO4S/c1-12-6-13(2)8-15(7-12)22(18,19)17-10-16(11-17)9-14(20-3)4-5-21-16/h6-8,14H,4-5,9-11H2,1-3H3/t14-/m1/s1. The lowest BCUT2D eigenvalue weighted by Gasteiger charge is -2.52. The molecule has 5 nitrogen and oxygen atoms in total. The lowest BCUT2D eigenvalue weighted by molar-refractivity contribution is -0.173. The smallest absolute Gasteiger partial charge is 0.243 e. The Kier molecular flexibility index (Phi) is 4.05. The van der Waals surface area contributed by atoms with Crippen molar-refractivity contribution in [1.82, 2.24) is 4.31 Å². The molecule has 1 aromatic rings. The summed E-state index contributed by atoms with van der Waals surface area (Å²) < 4.78 is 38.3. The Balaban J connectivity index is 1.76. The molecule has 1 aromatic carbocycles. The highest BCUT2D eigenvalue weighted by Gasteiger charge is 2.52. The summed E-state index contributed by atoms with van der Waals surface area (Å²) in [5.41, 5.74) is 1.56. The minimum absolute atomic E-state index is 0.166. The SMILES string of the molecule is CO[C@@H]1CCOC2(C1)CN(S(=O)(=O)c1cc(C)cc(C)c1)C2. The minimum atomic E-state index is -3.43. The van der Waals surface area contributed by atoms with Gasteiger partial charge in [-0.1, -0.05) is 6.07 Å². The van der Waals surface area contributed by atoms with E-state index in [0.717, 1.165) is 24.0 Å². The van der Waals surface area contributed by atoms with Gasteiger partial charge in [-0.05, 0) is 43.5 Å². The van der Waals surface area contributed by atoms with Crippen LogP contribution in [-0.2, 0) is 19.5 Å². The number of rotatable bonds is 3. The average molecular weight is 325 g/mol. The van der Waals surface area contributed by atoms with Crippen LogP contribution in [0.2, 0.25) is 0 Å². The van der Waals surface area contributed by atoms with Crippen LogP contribution in [0.3, 0.4) is 0 Å². The molecule has 0 amide bonds. The lowest BCUT2D eigenvalue weighted by atomic mass is 9.86. The molecular weight excluding hydrogens is 302 g/mol. The fraction of sp³-hybridized carbons (Fsp3) is 0.625. The van der Waals surface area contributed by atoms with Crippen molar-refractivity contribution in [1.29, 1.82) is 0 Å². The van der Waals surface area contributed by atoms with E-state index >= 15 is 0 Å². The van der Waals surface area contributed by atoms with Gasteiger partial charge < -0.3 is 9.47 Å². The second-order valence-electron chi connectivity index (χ2n) is 6.48. The third-order valence-electron chi connectivity index (χ3n) is 4.54. The number of ether oxygens (including phenoxy) is 2. The average Bonchev–Trinajstić information content (AvgIpc) is 2.43. The summed E-state index contributed by atoms with van der Waals surface area (Å²) in [6.45, 7) is 5.30. The van der Waals surface area contributed by atoms with Gasteiger partial charge in [-0.15, -0.1) is 0 Å². The van der Waals surface area contributed by atoms with Crippen LogP contribution in [0, 0.1) is 13.8 Å². The predicted octanol–water partition coefficient (Wildman–Crippen LogP) is 1.87. The van der Waals surface area contributed by atoms with E-state index in [4.69, 9.17) is 9.47 Å². The first kappa shape index (κ1) is 15.9. The van der Waals surface area contributed by atoms with E-state index in [1.54, 1.807) is 19.2 Å². The Hall–Kier alpha value is -0.950. The molecule has 0 N–H and O–H groups in total. The first-order valence-corrected chi connectivity index (χ1v) is 9.04. The Bertz CT molecular complexity index is 644. The third-order valence-corrected chi connectivity index (χ3v) is 6.31. The number of hydrogen-bond donors (Lipinski definition) is 0. The fourth-order valence-corrected chi connectivity index (χ4v) is 5.18. The lowest BCUT2D eigenvalue weighted by Crippen LogP contribution is -2.67. The van der Waals surface area contributed by atoms with E-state index in [1.165, 1.54) is 4.31 Å². The summed E-state index contributed by atoms with van der Waals surface area (Å²) in [5, 5.41) is 0. The predicted molar refractivity (Wildman–Crippen MR) is 83.4 cm³/mol. The molecule has 0 aromatic heterocycles. The maximum atomic E-state index is 12.7. The van der Waals surface area contributed by atoms with Crippen molar-refractivity contribution in [2.75, 3.05) is 26.8 Å². The molecule has 0 bridgehead atoms. The van der Waals surface area contributed by atoms with Crippen molar-refractivity contribution in [3.05, 3.63) is 29.3 Å². The van der Waals surface area contributed by atoms with Gasteiger partial charge in [0.05, 0.1) is 16.6 Å². The zero-order chi connectivity index (χ0) is 16.0. The largest absolute Gasteiger partial charge is 0.381 e. The van der Waals surface area contributed by atoms with Crippen LogP contribution >= 0.6 is 0 Å². The van der Waals surface area contributed by atoms with Gasteiger partial charge in [0.2, 0.25) is 10.0 Å². The highest BCUT2D eigenvalue weighted by molar-refractivity contribution is 7.89. The molecule has 22 heavy (non-hydrogen) atoms. The van der Waals surface area contributed by atoms with E-state index in [2.05, 4.69) is 0 Å². The molecule has 0 aliphatic carbocycles. The van der Waals surface area contributed by atoms with Crippen molar-refractivity contribution in [3.63, 3.8) is 0 Å². The normalized spacial score (nSPS) is 25.1. The Morgan fingerprint density at radius 3 is 2.45 bits per heavy atom. The number of methoxy groups -OCH3 is 1. The highest BCUT2D eigenvalue weighted by atomic mass is 32.2. The zero-order valence-electron chi connectivity index (χ0n) is 13.3. The number of sulfonamides is 1. The van der Waals surface area contributed by atoms with Crippen LogP contribution < -0.4 is 0 Å². The summed E-state index contributed by atoms with van der Waals surface area (Å²) >= 11 is 0. The minimum Gasteiger partial charge on any atom is -0.381 e. The van der Waals surface area contributed by atoms with Gasteiger partial charge in [-0.25, -0.2) is 8.42 Å². The summed E-state index contributed by atoms with van der Waals surface area (Å²) in [6, 6.07) is 5.43. The molecule has 6 heteroatoms. The quantitative estimate of drug-likeness (QED) is 0.851. The summed E-state index contributed by atoms with van der Waals surface area (Å²) in [6.07, 6.45) is 1.81. The molecule has 122 valence electrons. The third kappa shape index (κ3) is 2.80. The Morgan fingerprint density at radius 1 is 1.23 bits per heavy atom. The molecule has 0 radical (unpaired) electrons. The van der Waals surface area contributed by atoms with Crippen LogP contribution in [0.4, 0.5) is 0 Å². The first-order chi connectivity index (χ1) is 10.3.